The fourth-order valence-corrected chi connectivity index (χ4v) is 4.76. The van der Waals surface area contributed by atoms with Crippen molar-refractivity contribution in [1.82, 2.24) is 10.3 Å². The van der Waals surface area contributed by atoms with E-state index in [1.807, 2.05) is 62.4 Å². The van der Waals surface area contributed by atoms with E-state index in [0.29, 0.717) is 24.3 Å². The summed E-state index contributed by atoms with van der Waals surface area (Å²) < 4.78 is 11.1. The fourth-order valence-electron chi connectivity index (χ4n) is 4.76. The summed E-state index contributed by atoms with van der Waals surface area (Å²) >= 11 is 0. The number of hydrogen-bond donors (Lipinski definition) is 3. The molecule has 0 aliphatic rings. The third-order valence-electron chi connectivity index (χ3n) is 6.86. The zero-order valence-electron chi connectivity index (χ0n) is 22.7. The Bertz CT molecular complexity index is 1400. The van der Waals surface area contributed by atoms with Crippen molar-refractivity contribution < 1.29 is 24.2 Å². The highest BCUT2D eigenvalue weighted by Gasteiger charge is 2.23. The number of ether oxygens (including phenoxy) is 2. The largest absolute Gasteiger partial charge is 0.497 e. The molecule has 0 saturated heterocycles. The molecule has 1 heterocycles. The maximum Gasteiger partial charge on any atom is 0.224 e. The molecule has 0 radical (unpaired) electrons. The molecule has 0 spiro atoms. The number of aromatic amines is 1. The number of ketones is 1. The number of aryl methyl sites for hydroxylation is 1. The summed E-state index contributed by atoms with van der Waals surface area (Å²) in [6.07, 6.45) is 0.392. The maximum absolute atomic E-state index is 13.0. The first-order chi connectivity index (χ1) is 18.9. The number of aliphatic hydroxyl groups is 1. The van der Waals surface area contributed by atoms with Gasteiger partial charge in [0.15, 0.2) is 5.78 Å². The zero-order chi connectivity index (χ0) is 27.8. The molecule has 2 atom stereocenters. The second-order valence-corrected chi connectivity index (χ2v) is 9.79. The lowest BCUT2D eigenvalue weighted by Crippen LogP contribution is -2.38. The minimum absolute atomic E-state index is 0.0493. The molecule has 3 aromatic carbocycles. The molecule has 4 aromatic rings. The van der Waals surface area contributed by atoms with Gasteiger partial charge in [0.25, 0.3) is 0 Å². The van der Waals surface area contributed by atoms with Crippen molar-refractivity contribution in [2.75, 3.05) is 7.11 Å². The van der Waals surface area contributed by atoms with Crippen LogP contribution in [0.2, 0.25) is 0 Å². The van der Waals surface area contributed by atoms with E-state index in [0.717, 1.165) is 39.9 Å². The number of amides is 1. The van der Waals surface area contributed by atoms with Crippen molar-refractivity contribution in [1.29, 1.82) is 0 Å². The van der Waals surface area contributed by atoms with Crippen LogP contribution in [-0.2, 0) is 22.6 Å². The number of rotatable bonds is 13. The smallest absolute Gasteiger partial charge is 0.224 e. The first-order valence-corrected chi connectivity index (χ1v) is 13.3. The first-order valence-electron chi connectivity index (χ1n) is 13.3. The van der Waals surface area contributed by atoms with Gasteiger partial charge < -0.3 is 24.9 Å². The number of carbonyl (C=O) groups excluding carboxylic acids is 2. The van der Waals surface area contributed by atoms with Crippen molar-refractivity contribution >= 4 is 22.6 Å². The molecular weight excluding hydrogens is 492 g/mol. The number of fused-ring (bicyclic) bond motifs is 1. The number of H-pyrrole nitrogens is 1. The molecule has 0 aliphatic heterocycles. The van der Waals surface area contributed by atoms with E-state index in [-0.39, 0.29) is 30.6 Å². The molecule has 0 bridgehead atoms. The van der Waals surface area contributed by atoms with Crippen LogP contribution in [0.15, 0.2) is 72.8 Å². The number of carbonyl (C=O) groups is 2. The lowest BCUT2D eigenvalue weighted by Gasteiger charge is -2.20. The molecule has 7 heteroatoms. The van der Waals surface area contributed by atoms with Crippen LogP contribution in [0.1, 0.15) is 54.7 Å². The van der Waals surface area contributed by atoms with Gasteiger partial charge in [-0.25, -0.2) is 0 Å². The number of aromatic nitrogens is 1. The fraction of sp³-hybridized carbons (Fsp3) is 0.312. The van der Waals surface area contributed by atoms with E-state index >= 15 is 0 Å². The van der Waals surface area contributed by atoms with Crippen LogP contribution in [0.4, 0.5) is 0 Å². The van der Waals surface area contributed by atoms with Crippen LogP contribution in [0, 0.1) is 6.92 Å². The van der Waals surface area contributed by atoms with E-state index in [1.165, 1.54) is 0 Å². The van der Waals surface area contributed by atoms with Crippen LogP contribution < -0.4 is 14.8 Å². The maximum atomic E-state index is 13.0. The summed E-state index contributed by atoms with van der Waals surface area (Å²) in [5, 5.41) is 14.7. The Hall–Kier alpha value is -4.10. The van der Waals surface area contributed by atoms with Crippen LogP contribution in [0.3, 0.4) is 0 Å². The topological polar surface area (TPSA) is 101 Å². The highest BCUT2D eigenvalue weighted by Crippen LogP contribution is 2.27. The Morgan fingerprint density at radius 3 is 2.41 bits per heavy atom. The van der Waals surface area contributed by atoms with Gasteiger partial charge >= 0.3 is 0 Å². The van der Waals surface area contributed by atoms with Gasteiger partial charge in [-0.05, 0) is 60.4 Å². The molecule has 1 aromatic heterocycles. The van der Waals surface area contributed by atoms with Gasteiger partial charge in [0, 0.05) is 29.1 Å². The normalized spacial score (nSPS) is 12.6. The average Bonchev–Trinajstić information content (AvgIpc) is 3.26. The molecule has 2 unspecified atom stereocenters. The van der Waals surface area contributed by atoms with E-state index in [4.69, 9.17) is 9.47 Å². The van der Waals surface area contributed by atoms with Crippen LogP contribution in [-0.4, -0.2) is 34.9 Å². The molecule has 3 N–H and O–H groups in total. The van der Waals surface area contributed by atoms with Crippen LogP contribution >= 0.6 is 0 Å². The summed E-state index contributed by atoms with van der Waals surface area (Å²) in [4.78, 5) is 29.3. The van der Waals surface area contributed by atoms with Crippen LogP contribution in [0.5, 0.6) is 11.5 Å². The predicted molar refractivity (Wildman–Crippen MR) is 152 cm³/mol. The van der Waals surface area contributed by atoms with Gasteiger partial charge in [-0.3, -0.25) is 9.59 Å². The van der Waals surface area contributed by atoms with Gasteiger partial charge in [-0.15, -0.1) is 0 Å². The molecule has 4 rings (SSSR count). The third-order valence-corrected chi connectivity index (χ3v) is 6.86. The molecule has 0 fully saturated rings. The van der Waals surface area contributed by atoms with Crippen LogP contribution in [0.25, 0.3) is 10.9 Å². The van der Waals surface area contributed by atoms with Crippen molar-refractivity contribution in [3.8, 4) is 11.5 Å². The van der Waals surface area contributed by atoms with Gasteiger partial charge in [0.05, 0.1) is 13.5 Å². The van der Waals surface area contributed by atoms with E-state index in [9.17, 15) is 14.7 Å². The number of nitrogens with one attached hydrogen (secondary N) is 2. The van der Waals surface area contributed by atoms with Crippen molar-refractivity contribution in [2.45, 2.75) is 58.3 Å². The van der Waals surface area contributed by atoms with Crippen molar-refractivity contribution in [2.24, 2.45) is 0 Å². The summed E-state index contributed by atoms with van der Waals surface area (Å²) in [5.41, 5.74) is 4.31. The second kappa shape index (κ2) is 13.1. The SMILES string of the molecule is CCCC(CC(=O)C(O)c1ccc(OCc2ccccc2)cc1)NC(=O)Cc1c(C)[nH]c2ccc(OC)cc12. The molecule has 0 saturated carbocycles. The lowest BCUT2D eigenvalue weighted by molar-refractivity contribution is -0.128. The Balaban J connectivity index is 1.35. The van der Waals surface area contributed by atoms with Gasteiger partial charge in [-0.1, -0.05) is 55.8 Å². The Kier molecular flexibility index (Phi) is 9.39. The summed E-state index contributed by atoms with van der Waals surface area (Å²) in [6, 6.07) is 22.1. The van der Waals surface area contributed by atoms with Crippen molar-refractivity contribution in [3.63, 3.8) is 0 Å². The Morgan fingerprint density at radius 1 is 1.00 bits per heavy atom. The number of hydrogen-bond acceptors (Lipinski definition) is 5. The van der Waals surface area contributed by atoms with E-state index < -0.39 is 6.10 Å². The second-order valence-electron chi connectivity index (χ2n) is 9.79. The number of aliphatic hydroxyl groups excluding tert-OH is 1. The summed E-state index contributed by atoms with van der Waals surface area (Å²) in [7, 11) is 1.61. The molecular formula is C32H36N2O5. The Morgan fingerprint density at radius 2 is 1.72 bits per heavy atom. The zero-order valence-corrected chi connectivity index (χ0v) is 22.7. The highest BCUT2D eigenvalue weighted by atomic mass is 16.5. The molecule has 7 nitrogen and oxygen atoms in total. The third kappa shape index (κ3) is 7.27. The van der Waals surface area contributed by atoms with Crippen molar-refractivity contribution in [3.05, 3.63) is 95.2 Å². The van der Waals surface area contributed by atoms with Gasteiger partial charge in [0.1, 0.15) is 24.2 Å². The molecule has 204 valence electrons. The standard InChI is InChI=1S/C32H36N2O5/c1-4-8-24(34-31(36)19-27-21(2)33-29-16-15-26(38-3)18-28(27)29)17-30(35)32(37)23-11-13-25(14-12-23)39-20-22-9-6-5-7-10-22/h5-7,9-16,18,24,32-33,37H,4,8,17,19-20H2,1-3H3,(H,34,36). The molecule has 39 heavy (non-hydrogen) atoms. The van der Waals surface area contributed by atoms with Gasteiger partial charge in [-0.2, -0.15) is 0 Å². The van der Waals surface area contributed by atoms with Gasteiger partial charge in [0.2, 0.25) is 5.91 Å². The lowest BCUT2D eigenvalue weighted by atomic mass is 9.97. The minimum atomic E-state index is -1.27. The number of benzene rings is 3. The molecule has 1 amide bonds. The minimum Gasteiger partial charge on any atom is -0.497 e. The predicted octanol–water partition coefficient (Wildman–Crippen LogP) is 5.58. The first kappa shape index (κ1) is 27.9. The highest BCUT2D eigenvalue weighted by molar-refractivity contribution is 5.91. The van der Waals surface area contributed by atoms with E-state index in [2.05, 4.69) is 10.3 Å². The number of methoxy groups -OCH3 is 1. The summed E-state index contributed by atoms with van der Waals surface area (Å²) in [6.45, 7) is 4.38. The van der Waals surface area contributed by atoms with E-state index in [1.54, 1.807) is 31.4 Å². The average molecular weight is 529 g/mol. The number of Topliss-reactive ketones (excluding diaryl/α,β-unsaturated/α-hetero) is 1. The summed E-state index contributed by atoms with van der Waals surface area (Å²) in [5.74, 6) is 0.883. The molecule has 0 aliphatic carbocycles. The Labute approximate surface area is 229 Å². The quantitative estimate of drug-likeness (QED) is 0.210. The monoisotopic (exact) mass is 528 g/mol.